The maximum Gasteiger partial charge on any atom is 0.270 e. The fourth-order valence-corrected chi connectivity index (χ4v) is 3.26. The first-order valence-corrected chi connectivity index (χ1v) is 8.16. The van der Waals surface area contributed by atoms with Crippen LogP contribution in [0.2, 0.25) is 0 Å². The van der Waals surface area contributed by atoms with Crippen LogP contribution in [0.25, 0.3) is 11.3 Å². The number of aromatic amines is 1. The molecule has 8 nitrogen and oxygen atoms in total. The SMILES string of the molecule is N#CC1=C(N)Oc2n[nH]c(-c3cccc([N+](=O)[O-])c3)c2[C@H]1c1ccccc1F. The maximum atomic E-state index is 14.6. The zero-order chi connectivity index (χ0) is 19.8. The lowest BCUT2D eigenvalue weighted by Gasteiger charge is -2.24. The van der Waals surface area contributed by atoms with E-state index in [2.05, 4.69) is 10.2 Å². The van der Waals surface area contributed by atoms with Crippen molar-refractivity contribution in [2.24, 2.45) is 5.73 Å². The number of allylic oxidation sites excluding steroid dienone is 1. The third-order valence-corrected chi connectivity index (χ3v) is 4.50. The van der Waals surface area contributed by atoms with Gasteiger partial charge in [0.25, 0.3) is 5.69 Å². The molecule has 1 atom stereocenters. The molecule has 0 spiro atoms. The van der Waals surface area contributed by atoms with Crippen LogP contribution in [0.15, 0.2) is 60.0 Å². The number of rotatable bonds is 3. The number of fused-ring (bicyclic) bond motifs is 1. The summed E-state index contributed by atoms with van der Waals surface area (Å²) in [6.45, 7) is 0. The van der Waals surface area contributed by atoms with Crippen LogP contribution in [-0.2, 0) is 0 Å². The Morgan fingerprint density at radius 3 is 2.79 bits per heavy atom. The van der Waals surface area contributed by atoms with E-state index in [-0.39, 0.29) is 28.6 Å². The van der Waals surface area contributed by atoms with Gasteiger partial charge in [0.05, 0.1) is 22.1 Å². The summed E-state index contributed by atoms with van der Waals surface area (Å²) in [7, 11) is 0. The second kappa shape index (κ2) is 6.51. The molecular weight excluding hydrogens is 365 g/mol. The average molecular weight is 377 g/mol. The number of nitrogens with one attached hydrogen (secondary N) is 1. The molecule has 4 rings (SSSR count). The van der Waals surface area contributed by atoms with Gasteiger partial charge in [-0.1, -0.05) is 30.3 Å². The molecule has 28 heavy (non-hydrogen) atoms. The molecule has 138 valence electrons. The first kappa shape index (κ1) is 17.2. The van der Waals surface area contributed by atoms with Crippen LogP contribution in [-0.4, -0.2) is 15.1 Å². The number of nitrogens with two attached hydrogens (primary N) is 1. The van der Waals surface area contributed by atoms with Gasteiger partial charge in [-0.15, -0.1) is 5.10 Å². The van der Waals surface area contributed by atoms with Crippen molar-refractivity contribution in [3.05, 3.63) is 87.0 Å². The molecule has 0 fully saturated rings. The van der Waals surface area contributed by atoms with Gasteiger partial charge in [-0.3, -0.25) is 15.2 Å². The molecule has 0 amide bonds. The molecule has 1 aliphatic heterocycles. The third kappa shape index (κ3) is 2.64. The van der Waals surface area contributed by atoms with Crippen LogP contribution in [0.1, 0.15) is 17.0 Å². The molecule has 2 heterocycles. The van der Waals surface area contributed by atoms with Gasteiger partial charge in [-0.05, 0) is 6.07 Å². The molecular formula is C19H12FN5O3. The Balaban J connectivity index is 1.97. The Morgan fingerprint density at radius 2 is 2.07 bits per heavy atom. The topological polar surface area (TPSA) is 131 Å². The van der Waals surface area contributed by atoms with Crippen molar-refractivity contribution in [1.29, 1.82) is 5.26 Å². The molecule has 1 aliphatic rings. The van der Waals surface area contributed by atoms with Gasteiger partial charge in [-0.2, -0.15) is 5.26 Å². The van der Waals surface area contributed by atoms with E-state index in [1.165, 1.54) is 30.3 Å². The van der Waals surface area contributed by atoms with Crippen molar-refractivity contribution in [2.75, 3.05) is 0 Å². The quantitative estimate of drug-likeness (QED) is 0.532. The highest BCUT2D eigenvalue weighted by Gasteiger charge is 2.37. The van der Waals surface area contributed by atoms with Gasteiger partial charge in [-0.25, -0.2) is 4.39 Å². The Hall–Kier alpha value is -4.19. The van der Waals surface area contributed by atoms with Crippen molar-refractivity contribution >= 4 is 5.69 Å². The van der Waals surface area contributed by atoms with E-state index < -0.39 is 16.7 Å². The number of benzene rings is 2. The van der Waals surface area contributed by atoms with Crippen LogP contribution < -0.4 is 10.5 Å². The number of nitro groups is 1. The fourth-order valence-electron chi connectivity index (χ4n) is 3.26. The van der Waals surface area contributed by atoms with Crippen LogP contribution >= 0.6 is 0 Å². The molecule has 0 aliphatic carbocycles. The van der Waals surface area contributed by atoms with E-state index in [9.17, 15) is 19.8 Å². The summed E-state index contributed by atoms with van der Waals surface area (Å²) in [5, 5.41) is 27.6. The summed E-state index contributed by atoms with van der Waals surface area (Å²) in [4.78, 5) is 10.6. The van der Waals surface area contributed by atoms with Gasteiger partial charge >= 0.3 is 0 Å². The van der Waals surface area contributed by atoms with Crippen LogP contribution in [0, 0.1) is 27.3 Å². The minimum absolute atomic E-state index is 0.0330. The van der Waals surface area contributed by atoms with Crippen LogP contribution in [0.3, 0.4) is 0 Å². The van der Waals surface area contributed by atoms with E-state index in [0.717, 1.165) is 0 Å². The molecule has 2 aromatic carbocycles. The molecule has 3 N–H and O–H groups in total. The molecule has 9 heteroatoms. The number of nitro benzene ring substituents is 1. The Morgan fingerprint density at radius 1 is 1.29 bits per heavy atom. The van der Waals surface area contributed by atoms with Crippen LogP contribution in [0.5, 0.6) is 5.88 Å². The largest absolute Gasteiger partial charge is 0.420 e. The van der Waals surface area contributed by atoms with E-state index in [0.29, 0.717) is 16.8 Å². The lowest BCUT2D eigenvalue weighted by molar-refractivity contribution is -0.384. The van der Waals surface area contributed by atoms with Gasteiger partial charge in [0, 0.05) is 23.3 Å². The van der Waals surface area contributed by atoms with Crippen molar-refractivity contribution in [3.63, 3.8) is 0 Å². The predicted molar refractivity (Wildman–Crippen MR) is 96.4 cm³/mol. The fraction of sp³-hybridized carbons (Fsp3) is 0.0526. The number of non-ortho nitro benzene ring substituents is 1. The molecule has 0 bridgehead atoms. The maximum absolute atomic E-state index is 14.6. The van der Waals surface area contributed by atoms with Crippen LogP contribution in [0.4, 0.5) is 10.1 Å². The molecule has 0 saturated carbocycles. The number of H-pyrrole nitrogens is 1. The molecule has 0 saturated heterocycles. The molecule has 0 radical (unpaired) electrons. The number of nitrogens with zero attached hydrogens (tertiary/aromatic N) is 3. The van der Waals surface area contributed by atoms with Gasteiger partial charge in [0.2, 0.25) is 11.8 Å². The number of aromatic nitrogens is 2. The molecule has 0 unspecified atom stereocenters. The highest BCUT2D eigenvalue weighted by Crippen LogP contribution is 2.46. The van der Waals surface area contributed by atoms with E-state index in [1.54, 1.807) is 18.2 Å². The van der Waals surface area contributed by atoms with E-state index >= 15 is 0 Å². The van der Waals surface area contributed by atoms with Crippen molar-refractivity contribution in [1.82, 2.24) is 10.2 Å². The summed E-state index contributed by atoms with van der Waals surface area (Å²) in [5.74, 6) is -1.47. The lowest BCUT2D eigenvalue weighted by atomic mass is 9.83. The second-order valence-electron chi connectivity index (χ2n) is 6.07. The van der Waals surface area contributed by atoms with Gasteiger partial charge in [0.1, 0.15) is 17.5 Å². The number of halogens is 1. The second-order valence-corrected chi connectivity index (χ2v) is 6.07. The minimum Gasteiger partial charge on any atom is -0.420 e. The number of hydrogen-bond donors (Lipinski definition) is 2. The zero-order valence-corrected chi connectivity index (χ0v) is 14.2. The first-order valence-electron chi connectivity index (χ1n) is 8.16. The van der Waals surface area contributed by atoms with E-state index in [1.807, 2.05) is 6.07 Å². The molecule has 3 aromatic rings. The standard InChI is InChI=1S/C19H12FN5O3/c20-14-7-2-1-6-12(14)15-13(9-21)18(22)28-19-16(15)17(23-24-19)10-4-3-5-11(8-10)25(26)27/h1-8,15H,22H2,(H,23,24)/t15-/m0/s1. The Labute approximate surface area is 157 Å². The lowest BCUT2D eigenvalue weighted by Crippen LogP contribution is -2.21. The number of hydrogen-bond acceptors (Lipinski definition) is 6. The predicted octanol–water partition coefficient (Wildman–Crippen LogP) is 3.34. The Bertz CT molecular complexity index is 1180. The van der Waals surface area contributed by atoms with Gasteiger partial charge in [0.15, 0.2) is 0 Å². The summed E-state index contributed by atoms with van der Waals surface area (Å²) in [6, 6.07) is 13.9. The summed E-state index contributed by atoms with van der Waals surface area (Å²) in [6.07, 6.45) is 0. The minimum atomic E-state index is -0.872. The van der Waals surface area contributed by atoms with E-state index in [4.69, 9.17) is 10.5 Å². The normalized spacial score (nSPS) is 15.5. The summed E-state index contributed by atoms with van der Waals surface area (Å²) in [5.41, 5.74) is 7.22. The van der Waals surface area contributed by atoms with Crippen molar-refractivity contribution in [3.8, 4) is 23.2 Å². The zero-order valence-electron chi connectivity index (χ0n) is 14.2. The number of ether oxygens (including phenoxy) is 1. The van der Waals surface area contributed by atoms with Gasteiger partial charge < -0.3 is 10.5 Å². The summed E-state index contributed by atoms with van der Waals surface area (Å²) >= 11 is 0. The Kier molecular flexibility index (Phi) is 4.01. The summed E-state index contributed by atoms with van der Waals surface area (Å²) < 4.78 is 20.0. The number of nitriles is 1. The smallest absolute Gasteiger partial charge is 0.270 e. The average Bonchev–Trinajstić information content (AvgIpc) is 3.11. The third-order valence-electron chi connectivity index (χ3n) is 4.50. The van der Waals surface area contributed by atoms with Crippen molar-refractivity contribution < 1.29 is 14.1 Å². The monoisotopic (exact) mass is 377 g/mol. The van der Waals surface area contributed by atoms with Crippen molar-refractivity contribution in [2.45, 2.75) is 5.92 Å². The molecule has 1 aromatic heterocycles. The highest BCUT2D eigenvalue weighted by atomic mass is 19.1. The highest BCUT2D eigenvalue weighted by molar-refractivity contribution is 5.72. The first-order chi connectivity index (χ1) is 13.5.